The van der Waals surface area contributed by atoms with Crippen LogP contribution in [0.5, 0.6) is 0 Å². The van der Waals surface area contributed by atoms with E-state index in [0.29, 0.717) is 17.8 Å². The Labute approximate surface area is 117 Å². The number of benzene rings is 1. The Hall–Kier alpha value is -1.95. The first-order valence-electron chi connectivity index (χ1n) is 6.75. The molecule has 0 amide bonds. The van der Waals surface area contributed by atoms with Crippen LogP contribution >= 0.6 is 0 Å². The minimum Gasteiger partial charge on any atom is -0.396 e. The Bertz CT molecular complexity index is 566. The lowest BCUT2D eigenvalue weighted by molar-refractivity contribution is 0.303. The van der Waals surface area contributed by atoms with Gasteiger partial charge in [-0.25, -0.2) is 4.39 Å². The molecular weight excluding hydrogens is 259 g/mol. The highest BCUT2D eigenvalue weighted by Crippen LogP contribution is 2.26. The summed E-state index contributed by atoms with van der Waals surface area (Å²) in [6, 6.07) is 4.54. The summed E-state index contributed by atoms with van der Waals surface area (Å²) < 4.78 is 18.6. The Morgan fingerprint density at radius 3 is 2.75 bits per heavy atom. The molecular formula is C14H19FN4O. The van der Waals surface area contributed by atoms with E-state index >= 15 is 0 Å². The van der Waals surface area contributed by atoms with Crippen molar-refractivity contribution in [3.05, 3.63) is 29.8 Å². The third-order valence-electron chi connectivity index (χ3n) is 3.30. The van der Waals surface area contributed by atoms with Gasteiger partial charge in [0.15, 0.2) is 5.82 Å². The molecule has 6 heteroatoms. The van der Waals surface area contributed by atoms with Crippen molar-refractivity contribution in [1.82, 2.24) is 15.0 Å². The van der Waals surface area contributed by atoms with Gasteiger partial charge in [-0.3, -0.25) is 0 Å². The topological polar surface area (TPSA) is 68.2 Å². The van der Waals surface area contributed by atoms with Crippen molar-refractivity contribution in [1.29, 1.82) is 0 Å². The molecule has 5 nitrogen and oxygen atoms in total. The van der Waals surface area contributed by atoms with Crippen molar-refractivity contribution >= 4 is 5.69 Å². The van der Waals surface area contributed by atoms with Gasteiger partial charge in [0.25, 0.3) is 5.89 Å². The average molecular weight is 278 g/mol. The molecule has 1 heterocycles. The van der Waals surface area contributed by atoms with E-state index in [1.807, 2.05) is 0 Å². The van der Waals surface area contributed by atoms with Gasteiger partial charge in [-0.1, -0.05) is 25.1 Å². The maximum Gasteiger partial charge on any atom is 0.260 e. The van der Waals surface area contributed by atoms with Crippen LogP contribution in [0.3, 0.4) is 0 Å². The van der Waals surface area contributed by atoms with E-state index in [1.165, 1.54) is 6.07 Å². The third-order valence-corrected chi connectivity index (χ3v) is 3.30. The van der Waals surface area contributed by atoms with Crippen molar-refractivity contribution in [2.45, 2.75) is 20.3 Å². The highest BCUT2D eigenvalue weighted by atomic mass is 19.1. The molecule has 1 aromatic heterocycles. The molecule has 2 N–H and O–H groups in total. The van der Waals surface area contributed by atoms with E-state index in [9.17, 15) is 4.39 Å². The second kappa shape index (κ2) is 6.47. The van der Waals surface area contributed by atoms with Crippen LogP contribution < -0.4 is 5.73 Å². The number of rotatable bonds is 6. The van der Waals surface area contributed by atoms with Crippen molar-refractivity contribution < 1.29 is 8.91 Å². The van der Waals surface area contributed by atoms with Crippen LogP contribution in [0.15, 0.2) is 22.7 Å². The first-order valence-corrected chi connectivity index (χ1v) is 6.75. The zero-order chi connectivity index (χ0) is 14.5. The fourth-order valence-corrected chi connectivity index (χ4v) is 1.99. The molecule has 20 heavy (non-hydrogen) atoms. The van der Waals surface area contributed by atoms with E-state index < -0.39 is 5.82 Å². The van der Waals surface area contributed by atoms with Gasteiger partial charge in [0, 0.05) is 13.0 Å². The molecule has 0 radical (unpaired) electrons. The first kappa shape index (κ1) is 14.5. The van der Waals surface area contributed by atoms with Crippen molar-refractivity contribution in [3.63, 3.8) is 0 Å². The molecule has 0 saturated heterocycles. The molecule has 0 aliphatic carbocycles. The molecule has 0 saturated carbocycles. The molecule has 108 valence electrons. The Morgan fingerprint density at radius 2 is 2.05 bits per heavy atom. The minimum absolute atomic E-state index is 0.0337. The predicted octanol–water partition coefficient (Wildman–Crippen LogP) is 2.34. The van der Waals surface area contributed by atoms with Gasteiger partial charge in [0.05, 0.1) is 11.3 Å². The molecule has 0 aliphatic heterocycles. The molecule has 1 aromatic carbocycles. The second-order valence-electron chi connectivity index (χ2n) is 4.49. The summed E-state index contributed by atoms with van der Waals surface area (Å²) in [6.45, 7) is 7.05. The van der Waals surface area contributed by atoms with Gasteiger partial charge in [-0.2, -0.15) is 4.98 Å². The highest BCUT2D eigenvalue weighted by molar-refractivity contribution is 5.70. The smallest absolute Gasteiger partial charge is 0.260 e. The van der Waals surface area contributed by atoms with Crippen molar-refractivity contribution in [2.24, 2.45) is 0 Å². The van der Waals surface area contributed by atoms with Gasteiger partial charge < -0.3 is 15.2 Å². The van der Waals surface area contributed by atoms with E-state index in [1.54, 1.807) is 12.1 Å². The molecule has 0 atom stereocenters. The van der Waals surface area contributed by atoms with Crippen LogP contribution in [0.25, 0.3) is 11.5 Å². The minimum atomic E-state index is -0.481. The summed E-state index contributed by atoms with van der Waals surface area (Å²) in [7, 11) is 0. The summed E-state index contributed by atoms with van der Waals surface area (Å²) in [5, 5.41) is 3.91. The number of likely N-dealkylation sites (N-methyl/N-ethyl adjacent to an activating group) is 1. The Kier molecular flexibility index (Phi) is 4.68. The summed E-state index contributed by atoms with van der Waals surface area (Å²) in [6.07, 6.45) is 0.695. The average Bonchev–Trinajstić information content (AvgIpc) is 2.92. The summed E-state index contributed by atoms with van der Waals surface area (Å²) >= 11 is 0. The number of hydrogen-bond donors (Lipinski definition) is 1. The van der Waals surface area contributed by atoms with Crippen LogP contribution in [0.4, 0.5) is 10.1 Å². The summed E-state index contributed by atoms with van der Waals surface area (Å²) in [4.78, 5) is 6.54. The van der Waals surface area contributed by atoms with E-state index in [0.717, 1.165) is 19.6 Å². The van der Waals surface area contributed by atoms with Crippen LogP contribution in [0.1, 0.15) is 19.7 Å². The van der Waals surface area contributed by atoms with Crippen LogP contribution in [0, 0.1) is 5.82 Å². The molecule has 0 fully saturated rings. The second-order valence-corrected chi connectivity index (χ2v) is 4.49. The number of nitrogen functional groups attached to an aromatic ring is 1. The van der Waals surface area contributed by atoms with Gasteiger partial charge in [-0.15, -0.1) is 0 Å². The zero-order valence-electron chi connectivity index (χ0n) is 11.8. The van der Waals surface area contributed by atoms with E-state index in [2.05, 4.69) is 28.9 Å². The maximum atomic E-state index is 13.4. The number of halogens is 1. The molecule has 0 spiro atoms. The van der Waals surface area contributed by atoms with Crippen LogP contribution in [-0.2, 0) is 6.42 Å². The summed E-state index contributed by atoms with van der Waals surface area (Å²) in [5.41, 5.74) is 6.15. The van der Waals surface area contributed by atoms with E-state index in [4.69, 9.17) is 10.3 Å². The lowest BCUT2D eigenvalue weighted by Gasteiger charge is -2.16. The molecule has 2 rings (SSSR count). The number of anilines is 1. The molecule has 2 aromatic rings. The summed E-state index contributed by atoms with van der Waals surface area (Å²) in [5.74, 6) is 0.387. The van der Waals surface area contributed by atoms with Gasteiger partial charge >= 0.3 is 0 Å². The van der Waals surface area contributed by atoms with E-state index in [-0.39, 0.29) is 11.6 Å². The fourth-order valence-electron chi connectivity index (χ4n) is 1.99. The van der Waals surface area contributed by atoms with Gasteiger partial charge in [0.2, 0.25) is 0 Å². The Morgan fingerprint density at radius 1 is 1.30 bits per heavy atom. The third kappa shape index (κ3) is 3.14. The van der Waals surface area contributed by atoms with Gasteiger partial charge in [-0.05, 0) is 25.2 Å². The molecule has 0 aliphatic rings. The first-order chi connectivity index (χ1) is 9.65. The predicted molar refractivity (Wildman–Crippen MR) is 75.6 cm³/mol. The number of para-hydroxylation sites is 1. The van der Waals surface area contributed by atoms with Crippen molar-refractivity contribution in [2.75, 3.05) is 25.4 Å². The van der Waals surface area contributed by atoms with Crippen LogP contribution in [-0.4, -0.2) is 34.7 Å². The number of nitrogens with two attached hydrogens (primary N) is 1. The largest absolute Gasteiger partial charge is 0.396 e. The van der Waals surface area contributed by atoms with Crippen molar-refractivity contribution in [3.8, 4) is 11.5 Å². The number of nitrogens with zero attached hydrogens (tertiary/aromatic N) is 3. The Balaban J connectivity index is 2.11. The van der Waals surface area contributed by atoms with Crippen LogP contribution in [0.2, 0.25) is 0 Å². The highest BCUT2D eigenvalue weighted by Gasteiger charge is 2.14. The quantitative estimate of drug-likeness (QED) is 0.821. The lowest BCUT2D eigenvalue weighted by Crippen LogP contribution is -2.25. The maximum absolute atomic E-state index is 13.4. The number of aromatic nitrogens is 2. The standard InChI is InChI=1S/C14H19FN4O/c1-3-19(4-2)9-8-12-17-14(20-18-12)10-6-5-7-11(15)13(10)16/h5-7H,3-4,8-9,16H2,1-2H3. The van der Waals surface area contributed by atoms with Gasteiger partial charge in [0.1, 0.15) is 5.82 Å². The normalized spacial score (nSPS) is 11.2. The lowest BCUT2D eigenvalue weighted by atomic mass is 10.2. The monoisotopic (exact) mass is 278 g/mol. The SMILES string of the molecule is CCN(CC)CCc1noc(-c2cccc(F)c2N)n1. The molecule has 0 unspecified atom stereocenters. The number of hydrogen-bond acceptors (Lipinski definition) is 5. The fraction of sp³-hybridized carbons (Fsp3) is 0.429. The zero-order valence-corrected chi connectivity index (χ0v) is 11.8. The molecule has 0 bridgehead atoms.